The summed E-state index contributed by atoms with van der Waals surface area (Å²) >= 11 is 5.99. The van der Waals surface area contributed by atoms with Crippen LogP contribution < -0.4 is 0 Å². The summed E-state index contributed by atoms with van der Waals surface area (Å²) in [6.07, 6.45) is 2.07. The quantitative estimate of drug-likeness (QED) is 0.911. The second kappa shape index (κ2) is 6.05. The molecule has 1 aromatic carbocycles. The van der Waals surface area contributed by atoms with Crippen molar-refractivity contribution in [2.45, 2.75) is 19.0 Å². The average molecular weight is 309 g/mol. The molecule has 21 heavy (non-hydrogen) atoms. The number of aromatic amines is 1. The van der Waals surface area contributed by atoms with Gasteiger partial charge in [-0.3, -0.25) is 9.69 Å². The number of morpholine rings is 1. The van der Waals surface area contributed by atoms with E-state index >= 15 is 0 Å². The van der Waals surface area contributed by atoms with Crippen LogP contribution in [0.2, 0.25) is 5.02 Å². The highest BCUT2D eigenvalue weighted by Gasteiger charge is 2.25. The molecule has 0 radical (unpaired) electrons. The number of rotatable bonds is 4. The maximum Gasteiger partial charge on any atom is 0.305 e. The molecular weight excluding hydrogens is 292 g/mol. The number of aromatic nitrogens is 1. The van der Waals surface area contributed by atoms with E-state index in [-0.39, 0.29) is 12.5 Å². The lowest BCUT2D eigenvalue weighted by atomic mass is 10.1. The molecule has 1 fully saturated rings. The van der Waals surface area contributed by atoms with Crippen LogP contribution in [-0.2, 0) is 16.1 Å². The van der Waals surface area contributed by atoms with E-state index < -0.39 is 5.97 Å². The molecular formula is C15H17ClN2O3. The monoisotopic (exact) mass is 308 g/mol. The van der Waals surface area contributed by atoms with Gasteiger partial charge in [-0.05, 0) is 17.7 Å². The highest BCUT2D eigenvalue weighted by molar-refractivity contribution is 6.31. The molecule has 1 saturated heterocycles. The number of carbonyl (C=O) groups is 1. The standard InChI is InChI=1S/C15H17ClN2O3/c16-11-1-2-13-10(7-17-14(13)5-11)8-18-3-4-21-9-12(18)6-15(19)20/h1-2,5,7,12,17H,3-4,6,8-9H2,(H,19,20). The van der Waals surface area contributed by atoms with E-state index in [9.17, 15) is 4.79 Å². The number of H-pyrrole nitrogens is 1. The first-order valence-corrected chi connectivity index (χ1v) is 7.30. The predicted molar refractivity (Wildman–Crippen MR) is 80.6 cm³/mol. The molecule has 1 atom stereocenters. The topological polar surface area (TPSA) is 65.6 Å². The van der Waals surface area contributed by atoms with Crippen LogP contribution in [-0.4, -0.2) is 46.8 Å². The van der Waals surface area contributed by atoms with Crippen molar-refractivity contribution in [3.05, 3.63) is 35.0 Å². The Kier molecular flexibility index (Phi) is 4.14. The number of carboxylic acid groups (broad SMARTS) is 1. The van der Waals surface area contributed by atoms with E-state index in [1.54, 1.807) is 0 Å². The minimum absolute atomic E-state index is 0.0755. The van der Waals surface area contributed by atoms with E-state index in [1.807, 2.05) is 24.4 Å². The molecule has 1 aliphatic rings. The van der Waals surface area contributed by atoms with Gasteiger partial charge in [0.25, 0.3) is 0 Å². The fraction of sp³-hybridized carbons (Fsp3) is 0.400. The van der Waals surface area contributed by atoms with Crippen molar-refractivity contribution in [1.82, 2.24) is 9.88 Å². The Hall–Kier alpha value is -1.56. The van der Waals surface area contributed by atoms with Gasteiger partial charge in [-0.15, -0.1) is 0 Å². The summed E-state index contributed by atoms with van der Waals surface area (Å²) in [5.41, 5.74) is 2.15. The third kappa shape index (κ3) is 3.20. The maximum atomic E-state index is 11.0. The van der Waals surface area contributed by atoms with Gasteiger partial charge < -0.3 is 14.8 Å². The Morgan fingerprint density at radius 1 is 1.52 bits per heavy atom. The molecule has 2 heterocycles. The highest BCUT2D eigenvalue weighted by atomic mass is 35.5. The maximum absolute atomic E-state index is 11.0. The third-order valence-electron chi connectivity index (χ3n) is 3.86. The second-order valence-electron chi connectivity index (χ2n) is 5.30. The molecule has 1 aliphatic heterocycles. The van der Waals surface area contributed by atoms with Gasteiger partial charge in [-0.1, -0.05) is 17.7 Å². The summed E-state index contributed by atoms with van der Waals surface area (Å²) in [5, 5.41) is 10.8. The van der Waals surface area contributed by atoms with E-state index in [0.717, 1.165) is 23.0 Å². The third-order valence-corrected chi connectivity index (χ3v) is 4.10. The van der Waals surface area contributed by atoms with E-state index in [2.05, 4.69) is 9.88 Å². The first-order valence-electron chi connectivity index (χ1n) is 6.92. The molecule has 0 saturated carbocycles. The molecule has 5 nitrogen and oxygen atoms in total. The fourth-order valence-corrected chi connectivity index (χ4v) is 2.97. The molecule has 1 aromatic heterocycles. The van der Waals surface area contributed by atoms with E-state index in [0.29, 0.717) is 24.8 Å². The number of carboxylic acids is 1. The Bertz CT molecular complexity index is 655. The van der Waals surface area contributed by atoms with E-state index in [4.69, 9.17) is 21.4 Å². The Balaban J connectivity index is 1.81. The number of aliphatic carboxylic acids is 1. The van der Waals surface area contributed by atoms with Gasteiger partial charge in [0.2, 0.25) is 0 Å². The number of benzene rings is 1. The lowest BCUT2D eigenvalue weighted by Crippen LogP contribution is -2.45. The SMILES string of the molecule is O=C(O)CC1COCCN1Cc1c[nH]c2cc(Cl)ccc12. The van der Waals surface area contributed by atoms with Crippen molar-refractivity contribution in [3.8, 4) is 0 Å². The van der Waals surface area contributed by atoms with Gasteiger partial charge in [-0.2, -0.15) is 0 Å². The summed E-state index contributed by atoms with van der Waals surface area (Å²) in [7, 11) is 0. The van der Waals surface area contributed by atoms with Crippen molar-refractivity contribution in [2.75, 3.05) is 19.8 Å². The Morgan fingerprint density at radius 2 is 2.38 bits per heavy atom. The van der Waals surface area contributed by atoms with Gasteiger partial charge in [0.05, 0.1) is 19.6 Å². The van der Waals surface area contributed by atoms with Crippen molar-refractivity contribution < 1.29 is 14.6 Å². The van der Waals surface area contributed by atoms with Crippen LogP contribution in [0.15, 0.2) is 24.4 Å². The minimum Gasteiger partial charge on any atom is -0.481 e. The van der Waals surface area contributed by atoms with Crippen molar-refractivity contribution >= 4 is 28.5 Å². The second-order valence-corrected chi connectivity index (χ2v) is 5.74. The first kappa shape index (κ1) is 14.4. The zero-order chi connectivity index (χ0) is 14.8. The van der Waals surface area contributed by atoms with Gasteiger partial charge in [0, 0.05) is 41.3 Å². The average Bonchev–Trinajstić information content (AvgIpc) is 2.83. The van der Waals surface area contributed by atoms with Crippen molar-refractivity contribution in [1.29, 1.82) is 0 Å². The van der Waals surface area contributed by atoms with Crippen LogP contribution in [0.3, 0.4) is 0 Å². The number of hydrogen-bond acceptors (Lipinski definition) is 3. The van der Waals surface area contributed by atoms with Crippen LogP contribution in [0, 0.1) is 0 Å². The predicted octanol–water partition coefficient (Wildman–Crippen LogP) is 2.50. The molecule has 2 aromatic rings. The number of hydrogen-bond donors (Lipinski definition) is 2. The Labute approximate surface area is 127 Å². The smallest absolute Gasteiger partial charge is 0.305 e. The van der Waals surface area contributed by atoms with Crippen LogP contribution >= 0.6 is 11.6 Å². The van der Waals surface area contributed by atoms with Gasteiger partial charge in [0.15, 0.2) is 0 Å². The van der Waals surface area contributed by atoms with Crippen LogP contribution in [0.1, 0.15) is 12.0 Å². The van der Waals surface area contributed by atoms with Crippen LogP contribution in [0.4, 0.5) is 0 Å². The zero-order valence-corrected chi connectivity index (χ0v) is 12.3. The first-order chi connectivity index (χ1) is 10.1. The summed E-state index contributed by atoms with van der Waals surface area (Å²) in [6.45, 7) is 2.58. The molecule has 6 heteroatoms. The van der Waals surface area contributed by atoms with Gasteiger partial charge >= 0.3 is 5.97 Å². The number of nitrogens with zero attached hydrogens (tertiary/aromatic N) is 1. The molecule has 112 valence electrons. The Morgan fingerprint density at radius 3 is 3.19 bits per heavy atom. The zero-order valence-electron chi connectivity index (χ0n) is 11.5. The van der Waals surface area contributed by atoms with Crippen molar-refractivity contribution in [3.63, 3.8) is 0 Å². The fourth-order valence-electron chi connectivity index (χ4n) is 2.80. The molecule has 0 amide bonds. The normalized spacial score (nSPS) is 20.0. The molecule has 2 N–H and O–H groups in total. The van der Waals surface area contributed by atoms with Crippen molar-refractivity contribution in [2.24, 2.45) is 0 Å². The lowest BCUT2D eigenvalue weighted by molar-refractivity contribution is -0.140. The summed E-state index contributed by atoms with van der Waals surface area (Å²) in [6, 6.07) is 5.69. The highest BCUT2D eigenvalue weighted by Crippen LogP contribution is 2.24. The van der Waals surface area contributed by atoms with E-state index in [1.165, 1.54) is 0 Å². The van der Waals surface area contributed by atoms with Crippen LogP contribution in [0.5, 0.6) is 0 Å². The molecule has 1 unspecified atom stereocenters. The minimum atomic E-state index is -0.791. The molecule has 3 rings (SSSR count). The lowest BCUT2D eigenvalue weighted by Gasteiger charge is -2.34. The number of nitrogens with one attached hydrogen (secondary N) is 1. The number of fused-ring (bicyclic) bond motifs is 1. The van der Waals surface area contributed by atoms with Gasteiger partial charge in [-0.25, -0.2) is 0 Å². The van der Waals surface area contributed by atoms with Crippen LogP contribution in [0.25, 0.3) is 10.9 Å². The summed E-state index contributed by atoms with van der Waals surface area (Å²) in [4.78, 5) is 16.4. The molecule has 0 aliphatic carbocycles. The van der Waals surface area contributed by atoms with Gasteiger partial charge in [0.1, 0.15) is 0 Å². The molecule has 0 spiro atoms. The largest absolute Gasteiger partial charge is 0.481 e. The summed E-state index contributed by atoms with van der Waals surface area (Å²) < 4.78 is 5.41. The number of ether oxygens (including phenoxy) is 1. The molecule has 0 bridgehead atoms. The number of halogens is 1. The summed E-state index contributed by atoms with van der Waals surface area (Å²) in [5.74, 6) is -0.791.